The first-order valence-electron chi connectivity index (χ1n) is 5.88. The van der Waals surface area contributed by atoms with Gasteiger partial charge in [0.2, 0.25) is 0 Å². The van der Waals surface area contributed by atoms with Crippen LogP contribution in [0.3, 0.4) is 0 Å². The Hall–Kier alpha value is -1.66. The predicted molar refractivity (Wildman–Crippen MR) is 89.1 cm³/mol. The van der Waals surface area contributed by atoms with E-state index < -0.39 is 0 Å². The topological polar surface area (TPSA) is 63.8 Å². The molecule has 1 heterocycles. The van der Waals surface area contributed by atoms with Crippen molar-refractivity contribution in [1.29, 1.82) is 0 Å². The molecule has 0 unspecified atom stereocenters. The minimum atomic E-state index is 0.374. The van der Waals surface area contributed by atoms with E-state index in [1.165, 1.54) is 0 Å². The summed E-state index contributed by atoms with van der Waals surface area (Å²) < 4.78 is 1.91. The molecule has 0 atom stereocenters. The number of hydrogen-bond acceptors (Lipinski definition) is 4. The van der Waals surface area contributed by atoms with Crippen molar-refractivity contribution in [3.05, 3.63) is 51.4 Å². The lowest BCUT2D eigenvalue weighted by atomic mass is 10.3. The van der Waals surface area contributed by atoms with Gasteiger partial charge < -0.3 is 11.1 Å². The fourth-order valence-electron chi connectivity index (χ4n) is 1.82. The van der Waals surface area contributed by atoms with Gasteiger partial charge in [-0.05, 0) is 46.3 Å². The van der Waals surface area contributed by atoms with Crippen molar-refractivity contribution in [1.82, 2.24) is 9.97 Å². The van der Waals surface area contributed by atoms with Gasteiger partial charge in [-0.15, -0.1) is 0 Å². The van der Waals surface area contributed by atoms with E-state index in [1.807, 2.05) is 42.5 Å². The summed E-state index contributed by atoms with van der Waals surface area (Å²) in [5, 5.41) is 3.19. The van der Waals surface area contributed by atoms with Crippen LogP contribution in [0.2, 0.25) is 0 Å². The molecule has 1 aromatic heterocycles. The van der Waals surface area contributed by atoms with Crippen LogP contribution < -0.4 is 11.1 Å². The molecule has 3 N–H and O–H groups in total. The fraction of sp³-hybridized carbons (Fsp3) is 0. The summed E-state index contributed by atoms with van der Waals surface area (Å²) in [4.78, 5) is 8.85. The van der Waals surface area contributed by atoms with E-state index in [-0.39, 0.29) is 0 Å². The summed E-state index contributed by atoms with van der Waals surface area (Å²) in [5.41, 5.74) is 8.42. The van der Waals surface area contributed by atoms with Crippen LogP contribution >= 0.6 is 31.9 Å². The standard InChI is InChI=1S/C14H10Br2N4/c15-8-5-6-10(9(16)7-8)19-14-13(17)18-11-3-1-2-4-12(11)20-14/h1-7H,(H2,17,18)(H,19,20). The number of nitrogens with zero attached hydrogens (tertiary/aromatic N) is 2. The summed E-state index contributed by atoms with van der Waals surface area (Å²) in [6, 6.07) is 13.5. The van der Waals surface area contributed by atoms with Crippen molar-refractivity contribution in [2.24, 2.45) is 0 Å². The Morgan fingerprint density at radius 3 is 2.35 bits per heavy atom. The molecule has 0 bridgehead atoms. The number of nitrogens with two attached hydrogens (primary N) is 1. The number of benzene rings is 2. The molecule has 20 heavy (non-hydrogen) atoms. The van der Waals surface area contributed by atoms with E-state index in [4.69, 9.17) is 5.73 Å². The van der Waals surface area contributed by atoms with Crippen LogP contribution in [0.5, 0.6) is 0 Å². The maximum atomic E-state index is 5.95. The van der Waals surface area contributed by atoms with E-state index in [0.717, 1.165) is 25.7 Å². The number of anilines is 3. The first kappa shape index (κ1) is 13.3. The lowest BCUT2D eigenvalue weighted by molar-refractivity contribution is 1.28. The van der Waals surface area contributed by atoms with Gasteiger partial charge in [-0.3, -0.25) is 0 Å². The maximum absolute atomic E-state index is 5.95. The summed E-state index contributed by atoms with van der Waals surface area (Å²) in [7, 11) is 0. The van der Waals surface area contributed by atoms with E-state index in [1.54, 1.807) is 0 Å². The molecule has 0 saturated carbocycles. The minimum Gasteiger partial charge on any atom is -0.381 e. The quantitative estimate of drug-likeness (QED) is 0.673. The number of fused-ring (bicyclic) bond motifs is 1. The van der Waals surface area contributed by atoms with Gasteiger partial charge in [0, 0.05) is 8.95 Å². The molecule has 0 aliphatic heterocycles. The molecule has 4 nitrogen and oxygen atoms in total. The zero-order valence-corrected chi connectivity index (χ0v) is 13.4. The van der Waals surface area contributed by atoms with Crippen LogP contribution in [0.1, 0.15) is 0 Å². The van der Waals surface area contributed by atoms with Crippen LogP contribution in [-0.2, 0) is 0 Å². The van der Waals surface area contributed by atoms with Crippen molar-refractivity contribution in [2.75, 3.05) is 11.1 Å². The Morgan fingerprint density at radius 1 is 0.950 bits per heavy atom. The van der Waals surface area contributed by atoms with Crippen molar-refractivity contribution in [3.8, 4) is 0 Å². The second-order valence-corrected chi connectivity index (χ2v) is 5.97. The zero-order valence-electron chi connectivity index (χ0n) is 10.3. The molecular weight excluding hydrogens is 384 g/mol. The summed E-state index contributed by atoms with van der Waals surface area (Å²) >= 11 is 6.92. The Bertz CT molecular complexity index is 789. The highest BCUT2D eigenvalue weighted by molar-refractivity contribution is 9.11. The third-order valence-corrected chi connectivity index (χ3v) is 3.93. The van der Waals surface area contributed by atoms with Crippen molar-refractivity contribution < 1.29 is 0 Å². The number of para-hydroxylation sites is 2. The van der Waals surface area contributed by atoms with Crippen LogP contribution in [-0.4, -0.2) is 9.97 Å². The second kappa shape index (κ2) is 5.38. The van der Waals surface area contributed by atoms with E-state index in [9.17, 15) is 0 Å². The van der Waals surface area contributed by atoms with E-state index in [0.29, 0.717) is 11.6 Å². The van der Waals surface area contributed by atoms with Crippen molar-refractivity contribution in [3.63, 3.8) is 0 Å². The van der Waals surface area contributed by atoms with Crippen LogP contribution in [0, 0.1) is 0 Å². The van der Waals surface area contributed by atoms with E-state index in [2.05, 4.69) is 47.1 Å². The van der Waals surface area contributed by atoms with Gasteiger partial charge in [0.25, 0.3) is 0 Å². The fourth-order valence-corrected chi connectivity index (χ4v) is 2.97. The number of halogens is 2. The van der Waals surface area contributed by atoms with Gasteiger partial charge in [0.05, 0.1) is 16.7 Å². The largest absolute Gasteiger partial charge is 0.381 e. The number of nitrogen functional groups attached to an aromatic ring is 1. The Balaban J connectivity index is 2.03. The lowest BCUT2D eigenvalue weighted by Crippen LogP contribution is -2.02. The van der Waals surface area contributed by atoms with Crippen LogP contribution in [0.15, 0.2) is 51.4 Å². The monoisotopic (exact) mass is 392 g/mol. The highest BCUT2D eigenvalue weighted by Crippen LogP contribution is 2.30. The van der Waals surface area contributed by atoms with Gasteiger partial charge in [0.1, 0.15) is 0 Å². The average Bonchev–Trinajstić information content (AvgIpc) is 2.42. The SMILES string of the molecule is Nc1nc2ccccc2nc1Nc1ccc(Br)cc1Br. The molecule has 0 fully saturated rings. The second-order valence-electron chi connectivity index (χ2n) is 4.20. The van der Waals surface area contributed by atoms with E-state index >= 15 is 0 Å². The van der Waals surface area contributed by atoms with Gasteiger partial charge in [-0.2, -0.15) is 0 Å². The summed E-state index contributed by atoms with van der Waals surface area (Å²) in [5.74, 6) is 0.922. The molecule has 0 aliphatic rings. The van der Waals surface area contributed by atoms with Gasteiger partial charge in [0.15, 0.2) is 11.6 Å². The molecule has 0 radical (unpaired) electrons. The smallest absolute Gasteiger partial charge is 0.174 e. The molecule has 6 heteroatoms. The molecule has 2 aromatic carbocycles. The minimum absolute atomic E-state index is 0.374. The van der Waals surface area contributed by atoms with Gasteiger partial charge in [-0.25, -0.2) is 9.97 Å². The first-order chi connectivity index (χ1) is 9.63. The third-order valence-electron chi connectivity index (χ3n) is 2.78. The Morgan fingerprint density at radius 2 is 1.65 bits per heavy atom. The maximum Gasteiger partial charge on any atom is 0.174 e. The molecule has 0 amide bonds. The number of hydrogen-bond donors (Lipinski definition) is 2. The highest BCUT2D eigenvalue weighted by atomic mass is 79.9. The molecule has 0 saturated heterocycles. The number of rotatable bonds is 2. The summed E-state index contributed by atoms with van der Waals surface area (Å²) in [6.45, 7) is 0. The third kappa shape index (κ3) is 2.62. The zero-order chi connectivity index (χ0) is 14.1. The predicted octanol–water partition coefficient (Wildman–Crippen LogP) is 4.48. The van der Waals surface area contributed by atoms with Crippen molar-refractivity contribution in [2.45, 2.75) is 0 Å². The molecule has 3 rings (SSSR count). The molecule has 0 aliphatic carbocycles. The normalized spacial score (nSPS) is 10.7. The van der Waals surface area contributed by atoms with Crippen molar-refractivity contribution >= 4 is 60.2 Å². The molecular formula is C14H10Br2N4. The molecule has 0 spiro atoms. The van der Waals surface area contributed by atoms with Crippen LogP contribution in [0.4, 0.5) is 17.3 Å². The van der Waals surface area contributed by atoms with Gasteiger partial charge >= 0.3 is 0 Å². The number of aromatic nitrogens is 2. The Labute approximate surface area is 132 Å². The molecule has 100 valence electrons. The average molecular weight is 394 g/mol. The van der Waals surface area contributed by atoms with Crippen LogP contribution in [0.25, 0.3) is 11.0 Å². The highest BCUT2D eigenvalue weighted by Gasteiger charge is 2.08. The van der Waals surface area contributed by atoms with Gasteiger partial charge in [-0.1, -0.05) is 28.1 Å². The first-order valence-corrected chi connectivity index (χ1v) is 7.46. The Kier molecular flexibility index (Phi) is 3.58. The lowest BCUT2D eigenvalue weighted by Gasteiger charge is -2.10. The molecule has 3 aromatic rings. The summed E-state index contributed by atoms with van der Waals surface area (Å²) in [6.07, 6.45) is 0. The number of nitrogens with one attached hydrogen (secondary N) is 1.